The van der Waals surface area contributed by atoms with Crippen LogP contribution in [0.15, 0.2) is 78.9 Å². The molecule has 0 saturated heterocycles. The van der Waals surface area contributed by atoms with Gasteiger partial charge >= 0.3 is 6.18 Å². The van der Waals surface area contributed by atoms with Gasteiger partial charge in [-0.1, -0.05) is 54.6 Å². The van der Waals surface area contributed by atoms with Crippen LogP contribution in [0.25, 0.3) is 0 Å². The number of nitrogens with one attached hydrogen (secondary N) is 1. The maximum absolute atomic E-state index is 12.7. The first-order valence-electron chi connectivity index (χ1n) is 10.2. The van der Waals surface area contributed by atoms with Crippen molar-refractivity contribution in [2.75, 3.05) is 0 Å². The van der Waals surface area contributed by atoms with Crippen LogP contribution in [0.5, 0.6) is 5.75 Å². The van der Waals surface area contributed by atoms with E-state index in [9.17, 15) is 22.8 Å². The molecule has 1 atom stereocenters. The fourth-order valence-electron chi connectivity index (χ4n) is 3.16. The second-order valence-corrected chi connectivity index (χ2v) is 7.52. The monoisotopic (exact) mass is 456 g/mol. The van der Waals surface area contributed by atoms with Crippen molar-refractivity contribution in [2.24, 2.45) is 5.73 Å². The summed E-state index contributed by atoms with van der Waals surface area (Å²) in [5.41, 5.74) is 6.83. The summed E-state index contributed by atoms with van der Waals surface area (Å²) in [7, 11) is 0. The molecule has 0 bridgehead atoms. The minimum atomic E-state index is -4.44. The molecule has 0 aromatic heterocycles. The van der Waals surface area contributed by atoms with Gasteiger partial charge in [-0.3, -0.25) is 9.59 Å². The number of primary amides is 1. The van der Waals surface area contributed by atoms with E-state index in [0.717, 1.165) is 23.3 Å². The summed E-state index contributed by atoms with van der Waals surface area (Å²) >= 11 is 0. The number of carbonyl (C=O) groups is 2. The van der Waals surface area contributed by atoms with Crippen LogP contribution in [0.4, 0.5) is 13.2 Å². The van der Waals surface area contributed by atoms with E-state index in [0.29, 0.717) is 17.9 Å². The fourth-order valence-corrected chi connectivity index (χ4v) is 3.16. The number of hydrogen-bond donors (Lipinski definition) is 2. The quantitative estimate of drug-likeness (QED) is 0.510. The van der Waals surface area contributed by atoms with Gasteiger partial charge in [-0.05, 0) is 41.0 Å². The Labute approximate surface area is 189 Å². The fraction of sp³-hybridized carbons (Fsp3) is 0.200. The Morgan fingerprint density at radius 1 is 0.848 bits per heavy atom. The number of hydrogen-bond acceptors (Lipinski definition) is 3. The van der Waals surface area contributed by atoms with Crippen molar-refractivity contribution in [2.45, 2.75) is 31.7 Å². The van der Waals surface area contributed by atoms with Gasteiger partial charge in [0.25, 0.3) is 0 Å². The lowest BCUT2D eigenvalue weighted by Gasteiger charge is -2.16. The van der Waals surface area contributed by atoms with Crippen molar-refractivity contribution in [3.63, 3.8) is 0 Å². The normalized spacial score (nSPS) is 12.1. The van der Waals surface area contributed by atoms with E-state index in [1.165, 1.54) is 12.1 Å². The topological polar surface area (TPSA) is 81.4 Å². The van der Waals surface area contributed by atoms with Gasteiger partial charge in [-0.25, -0.2) is 0 Å². The number of alkyl halides is 3. The smallest absolute Gasteiger partial charge is 0.416 e. The molecule has 3 rings (SSSR count). The second-order valence-electron chi connectivity index (χ2n) is 7.52. The van der Waals surface area contributed by atoms with Crippen molar-refractivity contribution >= 4 is 11.8 Å². The Morgan fingerprint density at radius 3 is 2.03 bits per heavy atom. The first-order chi connectivity index (χ1) is 15.7. The predicted molar refractivity (Wildman–Crippen MR) is 117 cm³/mol. The van der Waals surface area contributed by atoms with E-state index in [1.807, 2.05) is 30.3 Å². The van der Waals surface area contributed by atoms with Crippen LogP contribution in [0.2, 0.25) is 0 Å². The minimum Gasteiger partial charge on any atom is -0.489 e. The molecule has 172 valence electrons. The van der Waals surface area contributed by atoms with Crippen LogP contribution in [0.1, 0.15) is 22.3 Å². The highest BCUT2D eigenvalue weighted by Crippen LogP contribution is 2.29. The summed E-state index contributed by atoms with van der Waals surface area (Å²) in [5, 5.41) is 2.55. The lowest BCUT2D eigenvalue weighted by molar-refractivity contribution is -0.137. The number of benzene rings is 3. The van der Waals surface area contributed by atoms with Crippen molar-refractivity contribution in [1.82, 2.24) is 5.32 Å². The maximum atomic E-state index is 12.7. The van der Waals surface area contributed by atoms with Crippen LogP contribution in [0.3, 0.4) is 0 Å². The number of ether oxygens (including phenoxy) is 1. The molecule has 5 nitrogen and oxygen atoms in total. The van der Waals surface area contributed by atoms with Crippen LogP contribution >= 0.6 is 0 Å². The Hall–Kier alpha value is -3.81. The Balaban J connectivity index is 1.54. The molecule has 8 heteroatoms. The molecular weight excluding hydrogens is 433 g/mol. The zero-order valence-corrected chi connectivity index (χ0v) is 17.6. The van der Waals surface area contributed by atoms with Gasteiger partial charge in [0.15, 0.2) is 0 Å². The van der Waals surface area contributed by atoms with E-state index >= 15 is 0 Å². The van der Waals surface area contributed by atoms with Gasteiger partial charge < -0.3 is 15.8 Å². The highest BCUT2D eigenvalue weighted by Gasteiger charge is 2.30. The lowest BCUT2D eigenvalue weighted by atomic mass is 10.0. The highest BCUT2D eigenvalue weighted by atomic mass is 19.4. The van der Waals surface area contributed by atoms with E-state index in [2.05, 4.69) is 5.32 Å². The Kier molecular flexibility index (Phi) is 7.71. The van der Waals surface area contributed by atoms with Gasteiger partial charge in [0.05, 0.1) is 12.0 Å². The highest BCUT2D eigenvalue weighted by molar-refractivity contribution is 5.87. The number of halogens is 3. The molecule has 0 heterocycles. The molecule has 0 aliphatic rings. The first-order valence-corrected chi connectivity index (χ1v) is 10.2. The minimum absolute atomic E-state index is 0.172. The third-order valence-electron chi connectivity index (χ3n) is 4.94. The van der Waals surface area contributed by atoms with Crippen LogP contribution in [-0.2, 0) is 35.2 Å². The molecule has 3 aromatic rings. The molecule has 3 N–H and O–H groups in total. The average molecular weight is 456 g/mol. The molecule has 2 amide bonds. The maximum Gasteiger partial charge on any atom is 0.416 e. The van der Waals surface area contributed by atoms with Crippen LogP contribution < -0.4 is 15.8 Å². The molecule has 0 saturated carbocycles. The number of carbonyl (C=O) groups excluding carboxylic acids is 2. The largest absolute Gasteiger partial charge is 0.489 e. The van der Waals surface area contributed by atoms with E-state index in [-0.39, 0.29) is 12.8 Å². The van der Waals surface area contributed by atoms with Gasteiger partial charge in [0.1, 0.15) is 18.4 Å². The average Bonchev–Trinajstić information content (AvgIpc) is 2.78. The summed E-state index contributed by atoms with van der Waals surface area (Å²) < 4.78 is 43.7. The molecule has 0 spiro atoms. The third kappa shape index (κ3) is 7.38. The summed E-state index contributed by atoms with van der Waals surface area (Å²) in [5.74, 6) is -0.564. The molecule has 0 fully saturated rings. The SMILES string of the molecule is NC(=O)[C@H](Cc1ccc(OCc2ccccc2)cc1)NC(=O)Cc1ccc(C(F)(F)F)cc1. The van der Waals surface area contributed by atoms with Gasteiger partial charge in [0.2, 0.25) is 11.8 Å². The second kappa shape index (κ2) is 10.7. The predicted octanol–water partition coefficient (Wildman–Crippen LogP) is 4.04. The summed E-state index contributed by atoms with van der Waals surface area (Å²) in [6.45, 7) is 0.421. The van der Waals surface area contributed by atoms with Gasteiger partial charge in [-0.2, -0.15) is 13.2 Å². The first kappa shape index (κ1) is 23.8. The van der Waals surface area contributed by atoms with Crippen molar-refractivity contribution < 1.29 is 27.5 Å². The zero-order chi connectivity index (χ0) is 23.8. The molecule has 0 aliphatic heterocycles. The third-order valence-corrected chi connectivity index (χ3v) is 4.94. The van der Waals surface area contributed by atoms with Gasteiger partial charge in [-0.15, -0.1) is 0 Å². The van der Waals surface area contributed by atoms with Crippen molar-refractivity contribution in [3.05, 3.63) is 101 Å². The molecule has 0 radical (unpaired) electrons. The molecule has 3 aromatic carbocycles. The number of rotatable bonds is 9. The summed E-state index contributed by atoms with van der Waals surface area (Å²) in [4.78, 5) is 24.1. The van der Waals surface area contributed by atoms with Crippen molar-refractivity contribution in [1.29, 1.82) is 0 Å². The molecule has 0 unspecified atom stereocenters. The van der Waals surface area contributed by atoms with E-state index < -0.39 is 29.6 Å². The Bertz CT molecular complexity index is 1070. The zero-order valence-electron chi connectivity index (χ0n) is 17.6. The van der Waals surface area contributed by atoms with E-state index in [4.69, 9.17) is 10.5 Å². The molecular formula is C25H23F3N2O3. The summed E-state index contributed by atoms with van der Waals surface area (Å²) in [6.07, 6.45) is -4.44. The number of nitrogens with two attached hydrogens (primary N) is 1. The van der Waals surface area contributed by atoms with Crippen LogP contribution in [-0.4, -0.2) is 17.9 Å². The van der Waals surface area contributed by atoms with E-state index in [1.54, 1.807) is 24.3 Å². The lowest BCUT2D eigenvalue weighted by Crippen LogP contribution is -2.46. The molecule has 33 heavy (non-hydrogen) atoms. The van der Waals surface area contributed by atoms with Gasteiger partial charge in [0, 0.05) is 6.42 Å². The standard InChI is InChI=1S/C25H23F3N2O3/c26-25(27,28)20-10-6-18(7-11-20)15-23(31)30-22(24(29)32)14-17-8-12-21(13-9-17)33-16-19-4-2-1-3-5-19/h1-13,22H,14-16H2,(H2,29,32)(H,30,31)/t22-/m0/s1. The van der Waals surface area contributed by atoms with Crippen LogP contribution in [0, 0.1) is 0 Å². The van der Waals surface area contributed by atoms with Crippen molar-refractivity contribution in [3.8, 4) is 5.75 Å². The summed E-state index contributed by atoms with van der Waals surface area (Å²) in [6, 6.07) is 20.1. The number of amides is 2. The molecule has 0 aliphatic carbocycles. The Morgan fingerprint density at radius 2 is 1.45 bits per heavy atom.